The number of rotatable bonds is 7. The predicted octanol–water partition coefficient (Wildman–Crippen LogP) is 6.92. The van der Waals surface area contributed by atoms with E-state index in [0.29, 0.717) is 16.5 Å². The minimum absolute atomic E-state index is 0.00602. The number of esters is 1. The van der Waals surface area contributed by atoms with Gasteiger partial charge in [-0.25, -0.2) is 0 Å². The highest BCUT2D eigenvalue weighted by atomic mass is 35.5. The zero-order valence-electron chi connectivity index (χ0n) is 21.3. The van der Waals surface area contributed by atoms with Crippen LogP contribution in [0.4, 0.5) is 18.0 Å². The topological polar surface area (TPSA) is 81.5 Å². The van der Waals surface area contributed by atoms with E-state index in [2.05, 4.69) is 5.10 Å². The molecule has 2 amide bonds. The number of thioether (sulfide) groups is 1. The van der Waals surface area contributed by atoms with Crippen LogP contribution in [-0.4, -0.2) is 43.9 Å². The Labute approximate surface area is 231 Å². The summed E-state index contributed by atoms with van der Waals surface area (Å²) in [6, 6.07) is 8.76. The summed E-state index contributed by atoms with van der Waals surface area (Å²) in [6.45, 7) is 5.27. The second-order valence-electron chi connectivity index (χ2n) is 9.94. The Balaban J connectivity index is 1.46. The van der Waals surface area contributed by atoms with E-state index in [1.807, 2.05) is 0 Å². The van der Waals surface area contributed by atoms with E-state index in [9.17, 15) is 27.6 Å². The molecule has 2 heterocycles. The molecule has 0 atom stereocenters. The zero-order valence-corrected chi connectivity index (χ0v) is 22.9. The fourth-order valence-corrected chi connectivity index (χ4v) is 5.09. The van der Waals surface area contributed by atoms with Gasteiger partial charge in [0.25, 0.3) is 11.1 Å². The number of benzene rings is 2. The van der Waals surface area contributed by atoms with Crippen LogP contribution in [-0.2, 0) is 27.0 Å². The number of halogens is 4. The molecule has 0 spiro atoms. The van der Waals surface area contributed by atoms with Crippen molar-refractivity contribution < 1.29 is 32.3 Å². The quantitative estimate of drug-likeness (QED) is 0.223. The number of carbonyl (C=O) groups is 3. The van der Waals surface area contributed by atoms with Crippen molar-refractivity contribution in [3.8, 4) is 0 Å². The molecule has 12 heteroatoms. The normalized spacial score (nSPS) is 15.6. The average Bonchev–Trinajstić information content (AvgIpc) is 3.33. The standard InChI is InChI=1S/C27H25ClF3N3O4S/c1-26(2,3)38-23(35)5-4-10-33-24(36)22(39-25(33)37)12-16-6-9-21-18(11-16)14-32-34(21)15-17-7-8-19(28)13-20(17)27(29,30)31/h6-9,11-14H,4-5,10,15H2,1-3H3. The van der Waals surface area contributed by atoms with E-state index in [1.165, 1.54) is 23.0 Å². The molecule has 39 heavy (non-hydrogen) atoms. The first-order valence-corrected chi connectivity index (χ1v) is 13.2. The van der Waals surface area contributed by atoms with E-state index in [4.69, 9.17) is 16.3 Å². The third-order valence-electron chi connectivity index (χ3n) is 5.72. The summed E-state index contributed by atoms with van der Waals surface area (Å²) in [5.74, 6) is -0.850. The van der Waals surface area contributed by atoms with E-state index in [1.54, 1.807) is 45.0 Å². The van der Waals surface area contributed by atoms with Crippen LogP contribution in [0.3, 0.4) is 0 Å². The van der Waals surface area contributed by atoms with E-state index >= 15 is 0 Å². The van der Waals surface area contributed by atoms with Crippen LogP contribution in [0, 0.1) is 0 Å². The molecule has 0 unspecified atom stereocenters. The smallest absolute Gasteiger partial charge is 0.416 e. The maximum atomic E-state index is 13.5. The van der Waals surface area contributed by atoms with Gasteiger partial charge in [0.05, 0.1) is 28.7 Å². The number of nitrogens with zero attached hydrogens (tertiary/aromatic N) is 3. The maximum absolute atomic E-state index is 13.5. The molecule has 0 radical (unpaired) electrons. The highest BCUT2D eigenvalue weighted by Gasteiger charge is 2.35. The third kappa shape index (κ3) is 7.02. The molecule has 206 valence electrons. The summed E-state index contributed by atoms with van der Waals surface area (Å²) in [4.78, 5) is 38.5. The highest BCUT2D eigenvalue weighted by Crippen LogP contribution is 2.35. The first kappa shape index (κ1) is 28.7. The molecule has 0 N–H and O–H groups in total. The van der Waals surface area contributed by atoms with Gasteiger partial charge in [-0.15, -0.1) is 0 Å². The minimum atomic E-state index is -4.56. The molecule has 0 bridgehead atoms. The van der Waals surface area contributed by atoms with Crippen molar-refractivity contribution >= 4 is 57.5 Å². The van der Waals surface area contributed by atoms with E-state index < -0.39 is 34.5 Å². The molecule has 1 saturated heterocycles. The van der Waals surface area contributed by atoms with Gasteiger partial charge < -0.3 is 4.74 Å². The van der Waals surface area contributed by atoms with Crippen molar-refractivity contribution in [3.05, 3.63) is 69.2 Å². The van der Waals surface area contributed by atoms with Gasteiger partial charge in [0.1, 0.15) is 5.60 Å². The Morgan fingerprint density at radius 1 is 1.13 bits per heavy atom. The largest absolute Gasteiger partial charge is 0.460 e. The number of amides is 2. The summed E-state index contributed by atoms with van der Waals surface area (Å²) >= 11 is 6.58. The predicted molar refractivity (Wildman–Crippen MR) is 143 cm³/mol. The van der Waals surface area contributed by atoms with Gasteiger partial charge in [-0.3, -0.25) is 24.0 Å². The maximum Gasteiger partial charge on any atom is 0.416 e. The lowest BCUT2D eigenvalue weighted by molar-refractivity contribution is -0.155. The molecule has 1 fully saturated rings. The van der Waals surface area contributed by atoms with Gasteiger partial charge in [-0.1, -0.05) is 23.7 Å². The number of hydrogen-bond acceptors (Lipinski definition) is 6. The van der Waals surface area contributed by atoms with Crippen molar-refractivity contribution in [2.75, 3.05) is 6.54 Å². The summed E-state index contributed by atoms with van der Waals surface area (Å²) in [6.07, 6.45) is -1.09. The van der Waals surface area contributed by atoms with Crippen molar-refractivity contribution in [3.63, 3.8) is 0 Å². The second-order valence-corrected chi connectivity index (χ2v) is 11.4. The van der Waals surface area contributed by atoms with Crippen molar-refractivity contribution in [1.29, 1.82) is 0 Å². The van der Waals surface area contributed by atoms with Gasteiger partial charge in [0.2, 0.25) is 0 Å². The van der Waals surface area contributed by atoms with E-state index in [0.717, 1.165) is 22.7 Å². The molecule has 7 nitrogen and oxygen atoms in total. The van der Waals surface area contributed by atoms with Gasteiger partial charge in [0, 0.05) is 23.4 Å². The molecule has 0 saturated carbocycles. The third-order valence-corrected chi connectivity index (χ3v) is 6.86. The van der Waals surface area contributed by atoms with Gasteiger partial charge in [-0.05, 0) is 80.4 Å². The van der Waals surface area contributed by atoms with Crippen LogP contribution in [0.1, 0.15) is 50.3 Å². The lowest BCUT2D eigenvalue weighted by Crippen LogP contribution is -2.30. The van der Waals surface area contributed by atoms with Crippen molar-refractivity contribution in [2.24, 2.45) is 0 Å². The fourth-order valence-electron chi connectivity index (χ4n) is 4.05. The van der Waals surface area contributed by atoms with Crippen LogP contribution in [0.2, 0.25) is 5.02 Å². The SMILES string of the molecule is CC(C)(C)OC(=O)CCCN1C(=O)SC(=Cc2ccc3c(cnn3Cc3ccc(Cl)cc3C(F)(F)F)c2)C1=O. The summed E-state index contributed by atoms with van der Waals surface area (Å²) in [5, 5.41) is 4.47. The number of imide groups is 1. The molecule has 1 aromatic heterocycles. The molecule has 3 aromatic rings. The molecule has 1 aliphatic rings. The summed E-state index contributed by atoms with van der Waals surface area (Å²) in [7, 11) is 0. The zero-order chi connectivity index (χ0) is 28.5. The van der Waals surface area contributed by atoms with Gasteiger partial charge in [0.15, 0.2) is 0 Å². The number of carbonyl (C=O) groups excluding carboxylic acids is 3. The average molecular weight is 580 g/mol. The number of fused-ring (bicyclic) bond motifs is 1. The number of aromatic nitrogens is 2. The number of alkyl halides is 3. The number of ether oxygens (including phenoxy) is 1. The molecular formula is C27H25ClF3N3O4S. The van der Waals surface area contributed by atoms with Gasteiger partial charge in [-0.2, -0.15) is 18.3 Å². The first-order valence-electron chi connectivity index (χ1n) is 12.0. The number of hydrogen-bond donors (Lipinski definition) is 0. The molecular weight excluding hydrogens is 555 g/mol. The van der Waals surface area contributed by atoms with Crippen LogP contribution < -0.4 is 0 Å². The van der Waals surface area contributed by atoms with Crippen LogP contribution in [0.25, 0.3) is 17.0 Å². The summed E-state index contributed by atoms with van der Waals surface area (Å²) < 4.78 is 47.2. The van der Waals surface area contributed by atoms with Crippen LogP contribution in [0.15, 0.2) is 47.5 Å². The fraction of sp³-hybridized carbons (Fsp3) is 0.333. The molecule has 4 rings (SSSR count). The minimum Gasteiger partial charge on any atom is -0.460 e. The Morgan fingerprint density at radius 3 is 2.56 bits per heavy atom. The van der Waals surface area contributed by atoms with Crippen LogP contribution in [0.5, 0.6) is 0 Å². The monoisotopic (exact) mass is 579 g/mol. The van der Waals surface area contributed by atoms with Crippen molar-refractivity contribution in [2.45, 2.75) is 51.9 Å². The Morgan fingerprint density at radius 2 is 1.87 bits per heavy atom. The lowest BCUT2D eigenvalue weighted by Gasteiger charge is -2.19. The highest BCUT2D eigenvalue weighted by molar-refractivity contribution is 8.18. The van der Waals surface area contributed by atoms with E-state index in [-0.39, 0.29) is 41.4 Å². The summed E-state index contributed by atoms with van der Waals surface area (Å²) in [5.41, 5.74) is -0.172. The van der Waals surface area contributed by atoms with Gasteiger partial charge >= 0.3 is 12.1 Å². The Bertz CT molecular complexity index is 1480. The Hall–Kier alpha value is -3.31. The Kier molecular flexibility index (Phi) is 8.13. The first-order chi connectivity index (χ1) is 18.2. The molecule has 0 aliphatic carbocycles. The second kappa shape index (κ2) is 11.1. The molecule has 2 aromatic carbocycles. The van der Waals surface area contributed by atoms with Crippen LogP contribution >= 0.6 is 23.4 Å². The lowest BCUT2D eigenvalue weighted by atomic mass is 10.1. The molecule has 1 aliphatic heterocycles. The van der Waals surface area contributed by atoms with Crippen molar-refractivity contribution in [1.82, 2.24) is 14.7 Å².